The van der Waals surface area contributed by atoms with Gasteiger partial charge in [-0.1, -0.05) is 18.2 Å². The molecule has 1 fully saturated rings. The van der Waals surface area contributed by atoms with E-state index in [4.69, 9.17) is 9.47 Å². The first kappa shape index (κ1) is 19.2. The molecule has 1 saturated heterocycles. The summed E-state index contributed by atoms with van der Waals surface area (Å²) in [6.07, 6.45) is 3.17. The predicted molar refractivity (Wildman–Crippen MR) is 111 cm³/mol. The summed E-state index contributed by atoms with van der Waals surface area (Å²) in [6.45, 7) is 2.00. The van der Waals surface area contributed by atoms with Gasteiger partial charge in [-0.2, -0.15) is 0 Å². The van der Waals surface area contributed by atoms with Gasteiger partial charge in [-0.3, -0.25) is 9.10 Å². The van der Waals surface area contributed by atoms with Crippen molar-refractivity contribution in [2.45, 2.75) is 36.7 Å². The number of carbonyl (C=O) groups is 1. The van der Waals surface area contributed by atoms with Crippen LogP contribution in [-0.4, -0.2) is 51.6 Å². The highest BCUT2D eigenvalue weighted by molar-refractivity contribution is 7.92. The van der Waals surface area contributed by atoms with E-state index in [9.17, 15) is 13.2 Å². The molecule has 1 atom stereocenters. The number of nitrogens with zero attached hydrogens (tertiary/aromatic N) is 2. The summed E-state index contributed by atoms with van der Waals surface area (Å²) in [5.74, 6) is 0.689. The van der Waals surface area contributed by atoms with Crippen molar-refractivity contribution in [2.75, 3.05) is 30.5 Å². The topological polar surface area (TPSA) is 76.2 Å². The van der Waals surface area contributed by atoms with E-state index in [1.165, 1.54) is 16.4 Å². The van der Waals surface area contributed by atoms with E-state index in [1.54, 1.807) is 6.07 Å². The molecule has 5 rings (SSSR count). The number of sulfonamides is 1. The molecular formula is C22H24N2O5S. The lowest BCUT2D eigenvalue weighted by Crippen LogP contribution is -2.48. The zero-order chi connectivity index (χ0) is 20.7. The Morgan fingerprint density at radius 1 is 0.967 bits per heavy atom. The minimum atomic E-state index is -3.71. The Morgan fingerprint density at radius 3 is 2.60 bits per heavy atom. The molecule has 1 amide bonds. The molecule has 2 aromatic rings. The summed E-state index contributed by atoms with van der Waals surface area (Å²) >= 11 is 0. The fraction of sp³-hybridized carbons (Fsp3) is 0.409. The second-order valence-corrected chi connectivity index (χ2v) is 9.73. The van der Waals surface area contributed by atoms with Crippen LogP contribution in [0.25, 0.3) is 0 Å². The van der Waals surface area contributed by atoms with Crippen LogP contribution >= 0.6 is 0 Å². The van der Waals surface area contributed by atoms with Gasteiger partial charge in [-0.05, 0) is 49.4 Å². The lowest BCUT2D eigenvalue weighted by Gasteiger charge is -2.32. The Morgan fingerprint density at radius 2 is 1.77 bits per heavy atom. The zero-order valence-corrected chi connectivity index (χ0v) is 17.4. The minimum Gasteiger partial charge on any atom is -0.485 e. The standard InChI is InChI=1S/C22H24N2O5S/c25-22(23-11-4-1-5-12-23)21-15-28-20-14-17(8-9-19(20)29-21)30(26,27)24-13-10-16-6-2-3-7-18(16)24/h2-3,6-9,14,21H,1,4-5,10-13,15H2. The van der Waals surface area contributed by atoms with Crippen LogP contribution < -0.4 is 13.8 Å². The maximum atomic E-state index is 13.2. The van der Waals surface area contributed by atoms with Gasteiger partial charge in [0, 0.05) is 25.7 Å². The average Bonchev–Trinajstić information content (AvgIpc) is 3.23. The van der Waals surface area contributed by atoms with Gasteiger partial charge in [0.2, 0.25) is 6.10 Å². The highest BCUT2D eigenvalue weighted by atomic mass is 32.2. The van der Waals surface area contributed by atoms with Crippen LogP contribution in [0, 0.1) is 0 Å². The third kappa shape index (κ3) is 3.29. The molecule has 30 heavy (non-hydrogen) atoms. The van der Waals surface area contributed by atoms with Crippen molar-refractivity contribution in [1.82, 2.24) is 4.90 Å². The molecule has 0 radical (unpaired) electrons. The summed E-state index contributed by atoms with van der Waals surface area (Å²) < 4.78 is 39.5. The number of amides is 1. The highest BCUT2D eigenvalue weighted by Crippen LogP contribution is 2.38. The Hall–Kier alpha value is -2.74. The number of carbonyl (C=O) groups excluding carboxylic acids is 1. The molecule has 7 nitrogen and oxygen atoms in total. The Balaban J connectivity index is 1.36. The van der Waals surface area contributed by atoms with E-state index in [0.29, 0.717) is 24.5 Å². The fourth-order valence-electron chi connectivity index (χ4n) is 4.34. The number of fused-ring (bicyclic) bond motifs is 2. The normalized spacial score (nSPS) is 20.7. The Labute approximate surface area is 176 Å². The van der Waals surface area contributed by atoms with E-state index in [1.807, 2.05) is 29.2 Å². The van der Waals surface area contributed by atoms with Gasteiger partial charge in [0.25, 0.3) is 15.9 Å². The van der Waals surface area contributed by atoms with Crippen molar-refractivity contribution in [1.29, 1.82) is 0 Å². The maximum absolute atomic E-state index is 13.2. The molecule has 0 aliphatic carbocycles. The number of piperidine rings is 1. The number of benzene rings is 2. The Bertz CT molecular complexity index is 1080. The third-order valence-electron chi connectivity index (χ3n) is 5.95. The molecule has 0 bridgehead atoms. The van der Waals surface area contributed by atoms with Crippen molar-refractivity contribution in [3.05, 3.63) is 48.0 Å². The molecule has 3 aliphatic rings. The first-order valence-corrected chi connectivity index (χ1v) is 11.8. The number of hydrogen-bond donors (Lipinski definition) is 0. The smallest absolute Gasteiger partial charge is 0.267 e. The second kappa shape index (κ2) is 7.50. The van der Waals surface area contributed by atoms with Gasteiger partial charge in [-0.15, -0.1) is 0 Å². The van der Waals surface area contributed by atoms with Crippen molar-refractivity contribution >= 4 is 21.6 Å². The van der Waals surface area contributed by atoms with Crippen molar-refractivity contribution in [3.63, 3.8) is 0 Å². The maximum Gasteiger partial charge on any atom is 0.267 e. The molecule has 3 heterocycles. The summed E-state index contributed by atoms with van der Waals surface area (Å²) in [5, 5.41) is 0. The van der Waals surface area contributed by atoms with Crippen molar-refractivity contribution in [2.24, 2.45) is 0 Å². The molecule has 0 N–H and O–H groups in total. The molecule has 158 valence electrons. The zero-order valence-electron chi connectivity index (χ0n) is 16.6. The molecular weight excluding hydrogens is 404 g/mol. The summed E-state index contributed by atoms with van der Waals surface area (Å²) in [4.78, 5) is 14.7. The largest absolute Gasteiger partial charge is 0.485 e. The lowest BCUT2D eigenvalue weighted by atomic mass is 10.1. The van der Waals surface area contributed by atoms with Gasteiger partial charge >= 0.3 is 0 Å². The molecule has 0 spiro atoms. The number of ether oxygens (including phenoxy) is 2. The van der Waals surface area contributed by atoms with E-state index in [-0.39, 0.29) is 17.4 Å². The minimum absolute atomic E-state index is 0.0641. The van der Waals surface area contributed by atoms with Gasteiger partial charge in [-0.25, -0.2) is 8.42 Å². The van der Waals surface area contributed by atoms with Crippen LogP contribution in [-0.2, 0) is 21.2 Å². The van der Waals surface area contributed by atoms with Gasteiger partial charge in [0.1, 0.15) is 6.61 Å². The molecule has 8 heteroatoms. The van der Waals surface area contributed by atoms with Crippen LogP contribution in [0.2, 0.25) is 0 Å². The third-order valence-corrected chi connectivity index (χ3v) is 7.76. The number of likely N-dealkylation sites (tertiary alicyclic amines) is 1. The average molecular weight is 429 g/mol. The molecule has 0 aromatic heterocycles. The summed E-state index contributed by atoms with van der Waals surface area (Å²) in [6, 6.07) is 12.1. The van der Waals surface area contributed by atoms with Crippen LogP contribution in [0.3, 0.4) is 0 Å². The number of rotatable bonds is 3. The monoisotopic (exact) mass is 428 g/mol. The lowest BCUT2D eigenvalue weighted by molar-refractivity contribution is -0.142. The van der Waals surface area contributed by atoms with Crippen molar-refractivity contribution in [3.8, 4) is 11.5 Å². The van der Waals surface area contributed by atoms with Crippen LogP contribution in [0.5, 0.6) is 11.5 Å². The Kier molecular flexibility index (Phi) is 4.81. The first-order chi connectivity index (χ1) is 14.5. The molecule has 2 aromatic carbocycles. The second-order valence-electron chi connectivity index (χ2n) is 7.87. The quantitative estimate of drug-likeness (QED) is 0.751. The highest BCUT2D eigenvalue weighted by Gasteiger charge is 2.34. The van der Waals surface area contributed by atoms with Crippen molar-refractivity contribution < 1.29 is 22.7 Å². The van der Waals surface area contributed by atoms with Gasteiger partial charge < -0.3 is 14.4 Å². The summed E-state index contributed by atoms with van der Waals surface area (Å²) in [5.41, 5.74) is 1.75. The predicted octanol–water partition coefficient (Wildman–Crippen LogP) is 2.59. The number of para-hydroxylation sites is 1. The summed E-state index contributed by atoms with van der Waals surface area (Å²) in [7, 11) is -3.71. The van der Waals surface area contributed by atoms with E-state index < -0.39 is 16.1 Å². The van der Waals surface area contributed by atoms with E-state index in [2.05, 4.69) is 0 Å². The van der Waals surface area contributed by atoms with Crippen LogP contribution in [0.1, 0.15) is 24.8 Å². The number of hydrogen-bond acceptors (Lipinski definition) is 5. The SMILES string of the molecule is O=C(C1COc2cc(S(=O)(=O)N3CCc4ccccc43)ccc2O1)N1CCCCC1. The van der Waals surface area contributed by atoms with E-state index in [0.717, 1.165) is 43.6 Å². The van der Waals surface area contributed by atoms with E-state index >= 15 is 0 Å². The molecule has 0 saturated carbocycles. The molecule has 3 aliphatic heterocycles. The molecule has 1 unspecified atom stereocenters. The first-order valence-electron chi connectivity index (χ1n) is 10.4. The van der Waals surface area contributed by atoms with Gasteiger partial charge in [0.05, 0.1) is 10.6 Å². The fourth-order valence-corrected chi connectivity index (χ4v) is 5.86. The number of anilines is 1. The van der Waals surface area contributed by atoms with Crippen LogP contribution in [0.15, 0.2) is 47.4 Å². The van der Waals surface area contributed by atoms with Crippen LogP contribution in [0.4, 0.5) is 5.69 Å². The van der Waals surface area contributed by atoms with Gasteiger partial charge in [0.15, 0.2) is 11.5 Å².